The number of ether oxygens (including phenoxy) is 1. The van der Waals surface area contributed by atoms with Crippen LogP contribution in [0.5, 0.6) is 5.75 Å². The van der Waals surface area contributed by atoms with Gasteiger partial charge in [0.2, 0.25) is 5.82 Å². The molecular formula is C30H24N6O2. The first-order valence-electron chi connectivity index (χ1n) is 12.3. The average molecular weight is 501 g/mol. The molecule has 8 heteroatoms. The third-order valence-corrected chi connectivity index (χ3v) is 6.33. The van der Waals surface area contributed by atoms with Gasteiger partial charge in [-0.1, -0.05) is 84.9 Å². The van der Waals surface area contributed by atoms with E-state index in [2.05, 4.69) is 25.9 Å². The summed E-state index contributed by atoms with van der Waals surface area (Å²) in [5.41, 5.74) is 7.82. The Bertz CT molecular complexity index is 1580. The summed E-state index contributed by atoms with van der Waals surface area (Å²) in [5, 5.41) is 17.2. The lowest BCUT2D eigenvalue weighted by molar-refractivity contribution is 0.0954. The van der Waals surface area contributed by atoms with Gasteiger partial charge in [-0.2, -0.15) is 9.90 Å². The maximum absolute atomic E-state index is 12.9. The molecule has 1 aromatic heterocycles. The van der Waals surface area contributed by atoms with Crippen molar-refractivity contribution in [2.45, 2.75) is 19.1 Å². The number of carbonyl (C=O) groups is 1. The Labute approximate surface area is 219 Å². The van der Waals surface area contributed by atoms with Gasteiger partial charge >= 0.3 is 0 Å². The number of hydrogen-bond acceptors (Lipinski definition) is 6. The molecule has 0 aliphatic carbocycles. The molecule has 0 saturated heterocycles. The number of aromatic nitrogens is 4. The van der Waals surface area contributed by atoms with Crippen LogP contribution in [-0.4, -0.2) is 31.8 Å². The van der Waals surface area contributed by atoms with Crippen molar-refractivity contribution < 1.29 is 9.53 Å². The summed E-state index contributed by atoms with van der Waals surface area (Å²) in [6, 6.07) is 34.8. The van der Waals surface area contributed by atoms with Crippen LogP contribution in [0.3, 0.4) is 0 Å². The molecule has 186 valence electrons. The molecule has 0 unspecified atom stereocenters. The Morgan fingerprint density at radius 3 is 2.39 bits per heavy atom. The van der Waals surface area contributed by atoms with Crippen molar-refractivity contribution >= 4 is 11.6 Å². The number of benzene rings is 4. The van der Waals surface area contributed by atoms with Crippen LogP contribution in [-0.2, 0) is 6.54 Å². The summed E-state index contributed by atoms with van der Waals surface area (Å²) < 4.78 is 6.22. The largest absolute Gasteiger partial charge is 0.485 e. The predicted molar refractivity (Wildman–Crippen MR) is 144 cm³/mol. The van der Waals surface area contributed by atoms with Gasteiger partial charge in [-0.15, -0.1) is 10.2 Å². The minimum absolute atomic E-state index is 0.172. The van der Waals surface area contributed by atoms with Gasteiger partial charge < -0.3 is 4.74 Å². The van der Waals surface area contributed by atoms with Crippen LogP contribution in [0.4, 0.5) is 0 Å². The number of fused-ring (bicyclic) bond motifs is 1. The van der Waals surface area contributed by atoms with Gasteiger partial charge in [0.15, 0.2) is 0 Å². The first-order chi connectivity index (χ1) is 18.7. The summed E-state index contributed by atoms with van der Waals surface area (Å²) in [5.74, 6) is 1.04. The van der Waals surface area contributed by atoms with Crippen LogP contribution in [0.15, 0.2) is 114 Å². The molecule has 1 aliphatic rings. The fraction of sp³-hybridized carbons (Fsp3) is 0.100. The molecule has 38 heavy (non-hydrogen) atoms. The van der Waals surface area contributed by atoms with Crippen molar-refractivity contribution in [2.24, 2.45) is 5.10 Å². The van der Waals surface area contributed by atoms with E-state index >= 15 is 0 Å². The Kier molecular flexibility index (Phi) is 6.42. The highest BCUT2D eigenvalue weighted by Crippen LogP contribution is 2.34. The van der Waals surface area contributed by atoms with Crippen molar-refractivity contribution in [1.82, 2.24) is 25.6 Å². The van der Waals surface area contributed by atoms with Gasteiger partial charge in [0, 0.05) is 23.1 Å². The quantitative estimate of drug-likeness (QED) is 0.330. The Hall–Kier alpha value is -5.11. The van der Waals surface area contributed by atoms with Crippen molar-refractivity contribution in [3.05, 3.63) is 131 Å². The molecule has 1 amide bonds. The zero-order valence-corrected chi connectivity index (χ0v) is 20.4. The maximum atomic E-state index is 12.9. The molecule has 0 fully saturated rings. The van der Waals surface area contributed by atoms with Crippen LogP contribution < -0.4 is 10.2 Å². The smallest absolute Gasteiger partial charge is 0.271 e. The van der Waals surface area contributed by atoms with E-state index in [1.807, 2.05) is 97.1 Å². The molecule has 4 aromatic carbocycles. The fourth-order valence-electron chi connectivity index (χ4n) is 4.37. The Morgan fingerprint density at radius 2 is 1.61 bits per heavy atom. The van der Waals surface area contributed by atoms with E-state index in [1.165, 1.54) is 4.80 Å². The van der Waals surface area contributed by atoms with Crippen LogP contribution in [0.1, 0.15) is 39.6 Å². The number of hydrazone groups is 1. The number of tetrazole rings is 1. The molecule has 1 aliphatic heterocycles. The van der Waals surface area contributed by atoms with E-state index in [0.717, 1.165) is 33.7 Å². The molecular weight excluding hydrogens is 476 g/mol. The van der Waals surface area contributed by atoms with E-state index < -0.39 is 0 Å². The molecule has 0 bridgehead atoms. The van der Waals surface area contributed by atoms with Gasteiger partial charge in [-0.05, 0) is 40.6 Å². The second-order valence-corrected chi connectivity index (χ2v) is 8.92. The number of nitrogens with one attached hydrogen (secondary N) is 1. The number of para-hydroxylation sites is 1. The lowest BCUT2D eigenvalue weighted by Gasteiger charge is -2.27. The molecule has 8 nitrogen and oxygen atoms in total. The number of rotatable bonds is 6. The average Bonchev–Trinajstić information content (AvgIpc) is 3.45. The van der Waals surface area contributed by atoms with E-state index in [1.54, 1.807) is 12.1 Å². The fourth-order valence-corrected chi connectivity index (χ4v) is 4.37. The monoisotopic (exact) mass is 500 g/mol. The SMILES string of the molecule is O=C(N/N=C1\C[C@H](c2ccccc2)Oc2ccccc21)c1ccc(Cn2nnc(-c3ccccc3)n2)cc1. The lowest BCUT2D eigenvalue weighted by Crippen LogP contribution is -2.25. The van der Waals surface area contributed by atoms with Gasteiger partial charge in [0.05, 0.1) is 12.3 Å². The minimum atomic E-state index is -0.283. The molecule has 6 rings (SSSR count). The number of hydrogen-bond donors (Lipinski definition) is 1. The predicted octanol–water partition coefficient (Wildman–Crippen LogP) is 5.05. The number of carbonyl (C=O) groups excluding carboxylic acids is 1. The molecule has 5 aromatic rings. The molecule has 2 heterocycles. The first-order valence-corrected chi connectivity index (χ1v) is 12.3. The third kappa shape index (κ3) is 5.05. The summed E-state index contributed by atoms with van der Waals surface area (Å²) in [4.78, 5) is 14.4. The summed E-state index contributed by atoms with van der Waals surface area (Å²) in [7, 11) is 0. The lowest BCUT2D eigenvalue weighted by atomic mass is 9.96. The zero-order valence-electron chi connectivity index (χ0n) is 20.4. The number of amides is 1. The maximum Gasteiger partial charge on any atom is 0.271 e. The van der Waals surface area contributed by atoms with Crippen molar-refractivity contribution in [2.75, 3.05) is 0 Å². The minimum Gasteiger partial charge on any atom is -0.485 e. The van der Waals surface area contributed by atoms with Gasteiger partial charge in [-0.25, -0.2) is 5.43 Å². The third-order valence-electron chi connectivity index (χ3n) is 6.33. The molecule has 0 spiro atoms. The van der Waals surface area contributed by atoms with Crippen LogP contribution in [0, 0.1) is 0 Å². The van der Waals surface area contributed by atoms with Crippen molar-refractivity contribution in [1.29, 1.82) is 0 Å². The Balaban J connectivity index is 1.14. The highest BCUT2D eigenvalue weighted by molar-refractivity contribution is 6.05. The summed E-state index contributed by atoms with van der Waals surface area (Å²) in [6.45, 7) is 0.446. The van der Waals surface area contributed by atoms with Crippen molar-refractivity contribution in [3.63, 3.8) is 0 Å². The van der Waals surface area contributed by atoms with Gasteiger partial charge in [-0.3, -0.25) is 4.79 Å². The van der Waals surface area contributed by atoms with E-state index in [4.69, 9.17) is 4.74 Å². The highest BCUT2D eigenvalue weighted by Gasteiger charge is 2.26. The van der Waals surface area contributed by atoms with Crippen molar-refractivity contribution in [3.8, 4) is 17.1 Å². The Morgan fingerprint density at radius 1 is 0.895 bits per heavy atom. The van der Waals surface area contributed by atoms with E-state index in [9.17, 15) is 4.79 Å². The van der Waals surface area contributed by atoms with E-state index in [-0.39, 0.29) is 12.0 Å². The second kappa shape index (κ2) is 10.5. The molecule has 0 radical (unpaired) electrons. The van der Waals surface area contributed by atoms with Gasteiger partial charge in [0.1, 0.15) is 11.9 Å². The zero-order chi connectivity index (χ0) is 25.7. The first kappa shape index (κ1) is 23.3. The molecule has 0 saturated carbocycles. The summed E-state index contributed by atoms with van der Waals surface area (Å²) in [6.07, 6.45) is 0.379. The second-order valence-electron chi connectivity index (χ2n) is 8.92. The van der Waals surface area contributed by atoms with Crippen LogP contribution in [0.2, 0.25) is 0 Å². The van der Waals surface area contributed by atoms with Crippen LogP contribution in [0.25, 0.3) is 11.4 Å². The normalized spacial score (nSPS) is 15.5. The highest BCUT2D eigenvalue weighted by atomic mass is 16.5. The molecule has 1 atom stereocenters. The molecule has 1 N–H and O–H groups in total. The van der Waals surface area contributed by atoms with Crippen LogP contribution >= 0.6 is 0 Å². The number of nitrogens with zero attached hydrogens (tertiary/aromatic N) is 5. The standard InChI is InChI=1S/C30H24N6O2/c37-30(24-17-15-21(16-18-24)20-36-34-29(32-35-36)23-11-5-2-6-12-23)33-31-26-19-28(22-9-3-1-4-10-22)38-27-14-8-7-13-25(26)27/h1-18,28H,19-20H2,(H,33,37)/b31-26+/t28-/m1/s1. The van der Waals surface area contributed by atoms with Gasteiger partial charge in [0.25, 0.3) is 5.91 Å². The topological polar surface area (TPSA) is 94.3 Å². The van der Waals surface area contributed by atoms with E-state index in [0.29, 0.717) is 24.4 Å². The summed E-state index contributed by atoms with van der Waals surface area (Å²) >= 11 is 0.